The molecule has 0 aromatic carbocycles. The van der Waals surface area contributed by atoms with Crippen LogP contribution in [-0.4, -0.2) is 64.6 Å². The molecule has 1 amide bonds. The fourth-order valence-electron chi connectivity index (χ4n) is 3.67. The summed E-state index contributed by atoms with van der Waals surface area (Å²) in [6.45, 7) is 3.46. The zero-order valence-corrected chi connectivity index (χ0v) is 14.6. The van der Waals surface area contributed by atoms with Gasteiger partial charge in [0.1, 0.15) is 5.15 Å². The lowest BCUT2D eigenvalue weighted by molar-refractivity contribution is 0.0638. The number of carbonyl (C=O) groups excluding carboxylic acids is 1. The van der Waals surface area contributed by atoms with E-state index >= 15 is 0 Å². The van der Waals surface area contributed by atoms with Crippen LogP contribution in [0.25, 0.3) is 0 Å². The number of amides is 1. The summed E-state index contributed by atoms with van der Waals surface area (Å²) in [4.78, 5) is 21.2. The number of likely N-dealkylation sites (tertiary alicyclic amines) is 1. The van der Waals surface area contributed by atoms with Gasteiger partial charge in [-0.05, 0) is 43.4 Å². The molecule has 0 radical (unpaired) electrons. The number of carbonyl (C=O) groups is 1. The number of aliphatic hydroxyl groups excluding tert-OH is 1. The largest absolute Gasteiger partial charge is 0.395 e. The summed E-state index contributed by atoms with van der Waals surface area (Å²) in [5.41, 5.74) is 1.91. The van der Waals surface area contributed by atoms with E-state index in [-0.39, 0.29) is 18.6 Å². The van der Waals surface area contributed by atoms with Crippen LogP contribution in [-0.2, 0) is 0 Å². The van der Waals surface area contributed by atoms with Crippen molar-refractivity contribution in [2.24, 2.45) is 0 Å². The van der Waals surface area contributed by atoms with Crippen LogP contribution in [0.1, 0.15) is 36.0 Å². The number of β-amino-alcohol motifs (C(OH)–C–C–N with tert-alkyl or cyclic N) is 1. The molecule has 1 aromatic heterocycles. The van der Waals surface area contributed by atoms with Crippen LogP contribution < -0.4 is 0 Å². The summed E-state index contributed by atoms with van der Waals surface area (Å²) in [5.74, 6) is 0.0316. The third-order valence-electron chi connectivity index (χ3n) is 4.84. The first-order valence-electron chi connectivity index (χ1n) is 8.63. The van der Waals surface area contributed by atoms with Crippen LogP contribution in [0.2, 0.25) is 5.15 Å². The van der Waals surface area contributed by atoms with Gasteiger partial charge in [0.25, 0.3) is 5.91 Å². The summed E-state index contributed by atoms with van der Waals surface area (Å²) in [5, 5.41) is 9.53. The van der Waals surface area contributed by atoms with Crippen molar-refractivity contribution in [2.75, 3.05) is 32.8 Å². The van der Waals surface area contributed by atoms with E-state index in [1.54, 1.807) is 18.3 Å². The molecule has 1 atom stereocenters. The first kappa shape index (κ1) is 17.4. The molecule has 2 aliphatic rings. The van der Waals surface area contributed by atoms with Crippen molar-refractivity contribution in [1.29, 1.82) is 0 Å². The summed E-state index contributed by atoms with van der Waals surface area (Å²) in [6.07, 6.45) is 8.02. The van der Waals surface area contributed by atoms with Gasteiger partial charge in [-0.25, -0.2) is 4.98 Å². The minimum Gasteiger partial charge on any atom is -0.395 e. The Hall–Kier alpha value is -1.43. The van der Waals surface area contributed by atoms with E-state index in [1.807, 2.05) is 4.90 Å². The molecule has 24 heavy (non-hydrogen) atoms. The molecule has 0 saturated carbocycles. The molecule has 1 fully saturated rings. The Labute approximate surface area is 147 Å². The topological polar surface area (TPSA) is 56.7 Å². The van der Waals surface area contributed by atoms with Crippen molar-refractivity contribution >= 4 is 17.5 Å². The molecule has 130 valence electrons. The molecular weight excluding hydrogens is 326 g/mol. The van der Waals surface area contributed by atoms with Crippen molar-refractivity contribution < 1.29 is 9.90 Å². The fourth-order valence-corrected chi connectivity index (χ4v) is 3.84. The first-order chi connectivity index (χ1) is 11.7. The predicted octanol–water partition coefficient (Wildman–Crippen LogP) is 2.35. The van der Waals surface area contributed by atoms with Crippen molar-refractivity contribution in [3.8, 4) is 0 Å². The van der Waals surface area contributed by atoms with E-state index in [2.05, 4.69) is 16.0 Å². The molecule has 0 spiro atoms. The van der Waals surface area contributed by atoms with Crippen LogP contribution >= 0.6 is 11.6 Å². The van der Waals surface area contributed by atoms with Crippen LogP contribution in [0.5, 0.6) is 0 Å². The van der Waals surface area contributed by atoms with Crippen molar-refractivity contribution in [3.63, 3.8) is 0 Å². The number of aliphatic hydroxyl groups is 1. The Morgan fingerprint density at radius 3 is 3.04 bits per heavy atom. The summed E-state index contributed by atoms with van der Waals surface area (Å²) in [7, 11) is 0. The third-order valence-corrected chi connectivity index (χ3v) is 5.05. The zero-order chi connectivity index (χ0) is 16.9. The Kier molecular flexibility index (Phi) is 5.87. The first-order valence-corrected chi connectivity index (χ1v) is 9.01. The zero-order valence-electron chi connectivity index (χ0n) is 13.8. The predicted molar refractivity (Wildman–Crippen MR) is 94.1 cm³/mol. The highest BCUT2D eigenvalue weighted by atomic mass is 35.5. The highest BCUT2D eigenvalue weighted by Crippen LogP contribution is 2.27. The van der Waals surface area contributed by atoms with E-state index in [1.165, 1.54) is 5.57 Å². The summed E-state index contributed by atoms with van der Waals surface area (Å²) >= 11 is 5.94. The lowest BCUT2D eigenvalue weighted by atomic mass is 9.91. The lowest BCUT2D eigenvalue weighted by Crippen LogP contribution is -2.47. The van der Waals surface area contributed by atoms with E-state index in [0.29, 0.717) is 17.3 Å². The maximum atomic E-state index is 13.0. The highest BCUT2D eigenvalue weighted by Gasteiger charge is 2.31. The number of pyridine rings is 1. The van der Waals surface area contributed by atoms with E-state index in [0.717, 1.165) is 45.3 Å². The standard InChI is InChI=1S/C18H24ClN3O2/c19-17-12-14(6-7-20-17)18(24)22-9-2-1-5-16(22)15-4-3-8-21(13-15)10-11-23/h4,6-7,12,16,23H,1-3,5,8-11,13H2. The number of halogens is 1. The molecule has 0 bridgehead atoms. The van der Waals surface area contributed by atoms with Gasteiger partial charge in [-0.15, -0.1) is 0 Å². The molecule has 6 heteroatoms. The second kappa shape index (κ2) is 8.10. The van der Waals surface area contributed by atoms with Gasteiger partial charge in [-0.2, -0.15) is 0 Å². The van der Waals surface area contributed by atoms with Crippen molar-refractivity contribution in [3.05, 3.63) is 40.7 Å². The number of nitrogens with zero attached hydrogens (tertiary/aromatic N) is 3. The maximum absolute atomic E-state index is 13.0. The van der Waals surface area contributed by atoms with E-state index < -0.39 is 0 Å². The molecule has 0 aliphatic carbocycles. The number of aromatic nitrogens is 1. The lowest BCUT2D eigenvalue weighted by Gasteiger charge is -2.40. The normalized spacial score (nSPS) is 22.3. The molecule has 2 aliphatic heterocycles. The minimum atomic E-state index is 0.0316. The fraction of sp³-hybridized carbons (Fsp3) is 0.556. The van der Waals surface area contributed by atoms with Crippen LogP contribution in [0, 0.1) is 0 Å². The van der Waals surface area contributed by atoms with Gasteiger partial charge in [-0.3, -0.25) is 9.69 Å². The molecule has 1 N–H and O–H groups in total. The van der Waals surface area contributed by atoms with Gasteiger partial charge >= 0.3 is 0 Å². The molecule has 3 heterocycles. The van der Waals surface area contributed by atoms with E-state index in [4.69, 9.17) is 11.6 Å². The SMILES string of the molecule is O=C(c1ccnc(Cl)c1)N1CCCCC1C1=CCCN(CCO)C1. The van der Waals surface area contributed by atoms with Gasteiger partial charge in [0.15, 0.2) is 0 Å². The van der Waals surface area contributed by atoms with Gasteiger partial charge in [-0.1, -0.05) is 17.7 Å². The summed E-state index contributed by atoms with van der Waals surface area (Å²) in [6, 6.07) is 3.52. The number of rotatable bonds is 4. The maximum Gasteiger partial charge on any atom is 0.254 e. The second-order valence-corrected chi connectivity index (χ2v) is 6.83. The van der Waals surface area contributed by atoms with Crippen molar-refractivity contribution in [1.82, 2.24) is 14.8 Å². The van der Waals surface area contributed by atoms with Gasteiger partial charge < -0.3 is 10.0 Å². The van der Waals surface area contributed by atoms with Gasteiger partial charge in [0.05, 0.1) is 12.6 Å². The Morgan fingerprint density at radius 1 is 1.38 bits per heavy atom. The van der Waals surface area contributed by atoms with Gasteiger partial charge in [0, 0.05) is 37.9 Å². The monoisotopic (exact) mass is 349 g/mol. The average Bonchev–Trinajstić information content (AvgIpc) is 2.62. The number of piperidine rings is 1. The molecule has 1 unspecified atom stereocenters. The molecule has 1 aromatic rings. The molecular formula is C18H24ClN3O2. The second-order valence-electron chi connectivity index (χ2n) is 6.44. The van der Waals surface area contributed by atoms with Crippen LogP contribution in [0.15, 0.2) is 30.0 Å². The van der Waals surface area contributed by atoms with Gasteiger partial charge in [0.2, 0.25) is 0 Å². The Balaban J connectivity index is 1.78. The number of hydrogen-bond acceptors (Lipinski definition) is 4. The average molecular weight is 350 g/mol. The minimum absolute atomic E-state index is 0.0316. The Bertz CT molecular complexity index is 620. The Morgan fingerprint density at radius 2 is 2.25 bits per heavy atom. The number of hydrogen-bond donors (Lipinski definition) is 1. The van der Waals surface area contributed by atoms with Crippen molar-refractivity contribution in [2.45, 2.75) is 31.7 Å². The summed E-state index contributed by atoms with van der Waals surface area (Å²) < 4.78 is 0. The highest BCUT2D eigenvalue weighted by molar-refractivity contribution is 6.29. The van der Waals surface area contributed by atoms with Crippen LogP contribution in [0.4, 0.5) is 0 Å². The molecule has 1 saturated heterocycles. The smallest absolute Gasteiger partial charge is 0.254 e. The third kappa shape index (κ3) is 3.97. The molecule has 5 nitrogen and oxygen atoms in total. The molecule has 3 rings (SSSR count). The van der Waals surface area contributed by atoms with Crippen LogP contribution in [0.3, 0.4) is 0 Å². The van der Waals surface area contributed by atoms with E-state index in [9.17, 15) is 9.90 Å². The quantitative estimate of drug-likeness (QED) is 0.669.